The summed E-state index contributed by atoms with van der Waals surface area (Å²) in [6.07, 6.45) is 1.17. The van der Waals surface area contributed by atoms with Crippen LogP contribution in [0.5, 0.6) is 11.5 Å². The number of benzene rings is 1. The molecule has 1 atom stereocenters. The summed E-state index contributed by atoms with van der Waals surface area (Å²) in [7, 11) is 3.25. The maximum absolute atomic E-state index is 13.3. The van der Waals surface area contributed by atoms with Crippen molar-refractivity contribution in [1.29, 1.82) is 0 Å². The van der Waals surface area contributed by atoms with E-state index in [4.69, 9.17) is 9.47 Å². The molecule has 0 aliphatic carbocycles. The molecule has 0 spiro atoms. The Morgan fingerprint density at radius 1 is 1.10 bits per heavy atom. The molecule has 0 N–H and O–H groups in total. The van der Waals surface area contributed by atoms with Crippen LogP contribution in [0.2, 0.25) is 0 Å². The van der Waals surface area contributed by atoms with Crippen LogP contribution in [0.25, 0.3) is 0 Å². The van der Waals surface area contributed by atoms with Gasteiger partial charge >= 0.3 is 0 Å². The molecule has 31 heavy (non-hydrogen) atoms. The van der Waals surface area contributed by atoms with Crippen LogP contribution in [0.3, 0.4) is 0 Å². The zero-order valence-corrected chi connectivity index (χ0v) is 19.5. The molecule has 5 nitrogen and oxygen atoms in total. The van der Waals surface area contributed by atoms with Crippen LogP contribution in [0.15, 0.2) is 41.8 Å². The van der Waals surface area contributed by atoms with Crippen LogP contribution in [0, 0.1) is 6.92 Å². The molecule has 162 valence electrons. The molecule has 7 heteroatoms. The minimum Gasteiger partial charge on any atom is -0.493 e. The minimum absolute atomic E-state index is 0.000429. The van der Waals surface area contributed by atoms with E-state index in [1.165, 1.54) is 11.3 Å². The number of carbonyl (C=O) groups is 2. The highest BCUT2D eigenvalue weighted by Gasteiger charge is 2.34. The van der Waals surface area contributed by atoms with Crippen LogP contribution >= 0.6 is 22.7 Å². The summed E-state index contributed by atoms with van der Waals surface area (Å²) in [6, 6.07) is 11.7. The number of hydrogen-bond acceptors (Lipinski definition) is 6. The van der Waals surface area contributed by atoms with Crippen LogP contribution < -0.4 is 9.47 Å². The number of rotatable bonds is 7. The molecular weight excluding hydrogens is 430 g/mol. The molecule has 3 aromatic rings. The third-order valence-corrected chi connectivity index (χ3v) is 7.55. The van der Waals surface area contributed by atoms with Gasteiger partial charge in [0.05, 0.1) is 25.1 Å². The number of thiophene rings is 2. The predicted molar refractivity (Wildman–Crippen MR) is 124 cm³/mol. The van der Waals surface area contributed by atoms with Crippen LogP contribution in [-0.4, -0.2) is 37.4 Å². The van der Waals surface area contributed by atoms with E-state index in [-0.39, 0.29) is 30.6 Å². The minimum atomic E-state index is -0.185. The lowest BCUT2D eigenvalue weighted by molar-refractivity contribution is -0.133. The lowest BCUT2D eigenvalue weighted by Gasteiger charge is -2.37. The number of hydrogen-bond donors (Lipinski definition) is 0. The molecule has 1 aliphatic heterocycles. The topological polar surface area (TPSA) is 55.8 Å². The molecule has 1 aromatic carbocycles. The molecule has 1 aliphatic rings. The second-order valence-corrected chi connectivity index (χ2v) is 9.76. The number of Topliss-reactive ketones (excluding diaryl/α,β-unsaturated/α-hetero) is 1. The first-order valence-corrected chi connectivity index (χ1v) is 11.9. The first-order chi connectivity index (χ1) is 15.0. The van der Waals surface area contributed by atoms with Crippen molar-refractivity contribution in [1.82, 2.24) is 4.90 Å². The van der Waals surface area contributed by atoms with Crippen molar-refractivity contribution < 1.29 is 19.1 Å². The van der Waals surface area contributed by atoms with E-state index in [2.05, 4.69) is 6.07 Å². The summed E-state index contributed by atoms with van der Waals surface area (Å²) in [5.41, 5.74) is 2.21. The quantitative estimate of drug-likeness (QED) is 0.455. The average molecular weight is 456 g/mol. The summed E-state index contributed by atoms with van der Waals surface area (Å²) in [6.45, 7) is 2.59. The summed E-state index contributed by atoms with van der Waals surface area (Å²) in [5.74, 6) is 1.38. The highest BCUT2D eigenvalue weighted by Crippen LogP contribution is 2.42. The number of nitrogens with zero attached hydrogens (tertiary/aromatic N) is 1. The van der Waals surface area contributed by atoms with Gasteiger partial charge in [0.25, 0.3) is 0 Å². The smallest absolute Gasteiger partial charge is 0.223 e. The highest BCUT2D eigenvalue weighted by molar-refractivity contribution is 7.14. The van der Waals surface area contributed by atoms with Crippen molar-refractivity contribution in [2.75, 3.05) is 20.8 Å². The van der Waals surface area contributed by atoms with Crippen molar-refractivity contribution in [2.24, 2.45) is 0 Å². The zero-order chi connectivity index (χ0) is 22.0. The molecule has 0 bridgehead atoms. The monoisotopic (exact) mass is 455 g/mol. The Kier molecular flexibility index (Phi) is 6.43. The number of methoxy groups -OCH3 is 2. The van der Waals surface area contributed by atoms with E-state index in [0.717, 1.165) is 32.2 Å². The number of carbonyl (C=O) groups excluding carboxylic acids is 2. The fourth-order valence-electron chi connectivity index (χ4n) is 4.04. The molecule has 0 radical (unpaired) electrons. The summed E-state index contributed by atoms with van der Waals surface area (Å²) >= 11 is 3.11. The Morgan fingerprint density at radius 2 is 1.87 bits per heavy atom. The predicted octanol–water partition coefficient (Wildman–Crippen LogP) is 5.27. The van der Waals surface area contributed by atoms with E-state index in [1.54, 1.807) is 25.6 Å². The SMILES string of the molecule is COc1cc2c(cc1OC)C(c1cccs1)N(C(=O)CCC(=O)c1ccc(C)s1)CC2. The van der Waals surface area contributed by atoms with Crippen molar-refractivity contribution >= 4 is 34.4 Å². The number of aryl methyl sites for hydroxylation is 1. The molecule has 0 saturated heterocycles. The van der Waals surface area contributed by atoms with E-state index < -0.39 is 0 Å². The van der Waals surface area contributed by atoms with Gasteiger partial charge in [0, 0.05) is 29.1 Å². The van der Waals surface area contributed by atoms with E-state index in [0.29, 0.717) is 18.0 Å². The van der Waals surface area contributed by atoms with Crippen molar-refractivity contribution in [2.45, 2.75) is 32.2 Å². The Bertz CT molecular complexity index is 1090. The Hall–Kier alpha value is -2.64. The molecular formula is C24H25NO4S2. The third-order valence-electron chi connectivity index (χ3n) is 5.59. The molecule has 3 heterocycles. The van der Waals surface area contributed by atoms with Gasteiger partial charge in [-0.1, -0.05) is 6.07 Å². The number of ether oxygens (including phenoxy) is 2. The molecule has 1 amide bonds. The zero-order valence-electron chi connectivity index (χ0n) is 17.8. The van der Waals surface area contributed by atoms with Crippen LogP contribution in [0.1, 0.15) is 49.4 Å². The Balaban J connectivity index is 1.60. The fourth-order valence-corrected chi connectivity index (χ4v) is 5.73. The maximum Gasteiger partial charge on any atom is 0.223 e. The molecule has 0 fully saturated rings. The lowest BCUT2D eigenvalue weighted by Crippen LogP contribution is -2.40. The van der Waals surface area contributed by atoms with Gasteiger partial charge in [-0.15, -0.1) is 22.7 Å². The van der Waals surface area contributed by atoms with Crippen molar-refractivity contribution in [3.8, 4) is 11.5 Å². The number of amides is 1. The Labute approximate surface area is 190 Å². The standard InChI is InChI=1S/C24H25NO4S2/c1-15-6-8-21(31-15)18(26)7-9-23(27)25-11-10-16-13-19(28-2)20(29-3)14-17(16)24(25)22-5-4-12-30-22/h4-6,8,12-14,24H,7,9-11H2,1-3H3. The summed E-state index contributed by atoms with van der Waals surface area (Å²) in [4.78, 5) is 30.6. The third kappa shape index (κ3) is 4.38. The first-order valence-electron chi connectivity index (χ1n) is 10.2. The van der Waals surface area contributed by atoms with Crippen molar-refractivity contribution in [3.05, 3.63) is 67.5 Å². The largest absolute Gasteiger partial charge is 0.493 e. The highest BCUT2D eigenvalue weighted by atomic mass is 32.1. The van der Waals surface area contributed by atoms with E-state index in [9.17, 15) is 9.59 Å². The van der Waals surface area contributed by atoms with Crippen LogP contribution in [0.4, 0.5) is 0 Å². The average Bonchev–Trinajstić information content (AvgIpc) is 3.47. The normalized spacial score (nSPS) is 15.5. The molecule has 2 aromatic heterocycles. The number of fused-ring (bicyclic) bond motifs is 1. The van der Waals surface area contributed by atoms with Gasteiger partial charge in [-0.3, -0.25) is 9.59 Å². The summed E-state index contributed by atoms with van der Waals surface area (Å²) in [5, 5.41) is 2.02. The molecule has 0 saturated carbocycles. The molecule has 1 unspecified atom stereocenters. The van der Waals surface area contributed by atoms with Gasteiger partial charge in [0.2, 0.25) is 5.91 Å². The van der Waals surface area contributed by atoms with Gasteiger partial charge in [-0.05, 0) is 60.2 Å². The van der Waals surface area contributed by atoms with Gasteiger partial charge in [0.1, 0.15) is 0 Å². The fraction of sp³-hybridized carbons (Fsp3) is 0.333. The van der Waals surface area contributed by atoms with Gasteiger partial charge in [-0.2, -0.15) is 0 Å². The van der Waals surface area contributed by atoms with Gasteiger partial charge < -0.3 is 14.4 Å². The van der Waals surface area contributed by atoms with E-state index >= 15 is 0 Å². The van der Waals surface area contributed by atoms with Gasteiger partial charge in [0.15, 0.2) is 17.3 Å². The summed E-state index contributed by atoms with van der Waals surface area (Å²) < 4.78 is 11.0. The van der Waals surface area contributed by atoms with Gasteiger partial charge in [-0.25, -0.2) is 0 Å². The second-order valence-electron chi connectivity index (χ2n) is 7.49. The van der Waals surface area contributed by atoms with Crippen molar-refractivity contribution in [3.63, 3.8) is 0 Å². The second kappa shape index (κ2) is 9.24. The maximum atomic E-state index is 13.3. The van der Waals surface area contributed by atoms with E-state index in [1.807, 2.05) is 47.5 Å². The first kappa shape index (κ1) is 21.6. The molecule has 4 rings (SSSR count). The lowest BCUT2D eigenvalue weighted by atomic mass is 9.90. The Morgan fingerprint density at radius 3 is 2.52 bits per heavy atom. The number of ketones is 1. The van der Waals surface area contributed by atoms with Crippen LogP contribution in [-0.2, 0) is 11.2 Å².